The maximum Gasteiger partial charge on any atom is 0.140 e. The molecule has 0 unspecified atom stereocenters. The average Bonchev–Trinajstić information content (AvgIpc) is 3.46. The highest BCUT2D eigenvalue weighted by Gasteiger charge is 2.27. The van der Waals surface area contributed by atoms with Gasteiger partial charge in [-0.05, 0) is 72.4 Å². The molecule has 0 spiro atoms. The van der Waals surface area contributed by atoms with Crippen LogP contribution in [0.3, 0.4) is 0 Å². The van der Waals surface area contributed by atoms with E-state index in [0.29, 0.717) is 11.5 Å². The molecule has 0 amide bonds. The molecule has 0 saturated heterocycles. The van der Waals surface area contributed by atoms with E-state index in [0.717, 1.165) is 51.1 Å². The second kappa shape index (κ2) is 9.25. The van der Waals surface area contributed by atoms with Gasteiger partial charge >= 0.3 is 0 Å². The minimum Gasteiger partial charge on any atom is -0.327 e. The van der Waals surface area contributed by atoms with Crippen LogP contribution in [0.25, 0.3) is 44.6 Å². The molecule has 2 heterocycles. The molecule has 1 aliphatic rings. The maximum absolute atomic E-state index is 9.54. The number of para-hydroxylation sites is 2. The summed E-state index contributed by atoms with van der Waals surface area (Å²) in [6.07, 6.45) is 3.67. The lowest BCUT2D eigenvalue weighted by molar-refractivity contribution is 0.392. The van der Waals surface area contributed by atoms with Crippen LogP contribution in [0.5, 0.6) is 0 Å². The van der Waals surface area contributed by atoms with Crippen molar-refractivity contribution in [3.63, 3.8) is 0 Å². The Kier molecular flexibility index (Phi) is 5.56. The number of nitriles is 1. The molecule has 2 aromatic heterocycles. The van der Waals surface area contributed by atoms with Crippen molar-refractivity contribution in [3.8, 4) is 28.6 Å². The highest BCUT2D eigenvalue weighted by atomic mass is 15.1. The van der Waals surface area contributed by atoms with Gasteiger partial charge in [0.1, 0.15) is 11.6 Å². The van der Waals surface area contributed by atoms with Crippen LogP contribution in [-0.4, -0.2) is 19.1 Å². The predicted molar refractivity (Wildman–Crippen MR) is 156 cm³/mol. The molecule has 1 saturated carbocycles. The lowest BCUT2D eigenvalue weighted by Gasteiger charge is -2.25. The van der Waals surface area contributed by atoms with E-state index in [4.69, 9.17) is 9.97 Å². The number of hydrogen-bond donors (Lipinski definition) is 0. The standard InChI is InChI=1S/C34H29N5/c1-22-18-27(33-36-29-12-5-6-13-30(29)38(33)2)19-31-32(22)37-34(25-9-7-10-25)39(31)21-23-14-16-24(17-15-23)28-11-4-3-8-26(28)20-35/h3-6,8,11-19,25H,7,9-10,21H2,1-2H3. The summed E-state index contributed by atoms with van der Waals surface area (Å²) in [6, 6.07) is 31.5. The molecule has 0 N–H and O–H groups in total. The van der Waals surface area contributed by atoms with E-state index in [9.17, 15) is 5.26 Å². The molecule has 1 fully saturated rings. The molecule has 39 heavy (non-hydrogen) atoms. The normalized spacial score (nSPS) is 13.6. The zero-order valence-electron chi connectivity index (χ0n) is 22.2. The van der Waals surface area contributed by atoms with Crippen molar-refractivity contribution >= 4 is 22.1 Å². The third-order valence-electron chi connectivity index (χ3n) is 8.24. The van der Waals surface area contributed by atoms with Crippen LogP contribution < -0.4 is 0 Å². The lowest BCUT2D eigenvalue weighted by atomic mass is 9.85. The van der Waals surface area contributed by atoms with Crippen molar-refractivity contribution in [2.75, 3.05) is 0 Å². The van der Waals surface area contributed by atoms with E-state index in [2.05, 4.69) is 83.8 Å². The van der Waals surface area contributed by atoms with Gasteiger partial charge in [-0.3, -0.25) is 0 Å². The maximum atomic E-state index is 9.54. The van der Waals surface area contributed by atoms with Crippen LogP contribution in [-0.2, 0) is 13.6 Å². The van der Waals surface area contributed by atoms with Gasteiger partial charge in [0.2, 0.25) is 0 Å². The van der Waals surface area contributed by atoms with E-state index in [1.54, 1.807) is 0 Å². The predicted octanol–water partition coefficient (Wildman–Crippen LogP) is 7.75. The molecule has 5 heteroatoms. The van der Waals surface area contributed by atoms with Gasteiger partial charge in [-0.25, -0.2) is 9.97 Å². The highest BCUT2D eigenvalue weighted by Crippen LogP contribution is 2.39. The molecular weight excluding hydrogens is 478 g/mol. The van der Waals surface area contributed by atoms with Crippen LogP contribution in [0.4, 0.5) is 0 Å². The van der Waals surface area contributed by atoms with Crippen LogP contribution in [0.1, 0.15) is 47.7 Å². The summed E-state index contributed by atoms with van der Waals surface area (Å²) in [7, 11) is 2.09. The van der Waals surface area contributed by atoms with Crippen molar-refractivity contribution in [2.24, 2.45) is 7.05 Å². The summed E-state index contributed by atoms with van der Waals surface area (Å²) in [4.78, 5) is 10.2. The molecule has 0 bridgehead atoms. The summed E-state index contributed by atoms with van der Waals surface area (Å²) in [5.74, 6) is 2.68. The topological polar surface area (TPSA) is 59.4 Å². The Bertz CT molecular complexity index is 1890. The molecule has 0 aliphatic heterocycles. The SMILES string of the molecule is Cc1cc(-c2nc3ccccc3n2C)cc2c1nc(C1CCC1)n2Cc1ccc(-c2ccccc2C#N)cc1. The number of nitrogens with zero attached hydrogens (tertiary/aromatic N) is 5. The molecule has 4 aromatic carbocycles. The van der Waals surface area contributed by atoms with Gasteiger partial charge in [0.25, 0.3) is 0 Å². The molecule has 0 atom stereocenters. The van der Waals surface area contributed by atoms with Crippen molar-refractivity contribution in [2.45, 2.75) is 38.6 Å². The van der Waals surface area contributed by atoms with Crippen LogP contribution in [0.2, 0.25) is 0 Å². The largest absolute Gasteiger partial charge is 0.327 e. The zero-order chi connectivity index (χ0) is 26.5. The first kappa shape index (κ1) is 23.4. The Morgan fingerprint density at radius 3 is 2.38 bits per heavy atom. The van der Waals surface area contributed by atoms with Gasteiger partial charge in [-0.1, -0.05) is 61.0 Å². The highest BCUT2D eigenvalue weighted by molar-refractivity contribution is 5.87. The van der Waals surface area contributed by atoms with Crippen molar-refractivity contribution in [3.05, 3.63) is 107 Å². The van der Waals surface area contributed by atoms with Gasteiger partial charge < -0.3 is 9.13 Å². The fraction of sp³-hybridized carbons (Fsp3) is 0.206. The average molecular weight is 508 g/mol. The van der Waals surface area contributed by atoms with Gasteiger partial charge in [0.15, 0.2) is 0 Å². The first-order chi connectivity index (χ1) is 19.1. The minimum absolute atomic E-state index is 0.512. The summed E-state index contributed by atoms with van der Waals surface area (Å²) < 4.78 is 4.61. The quantitative estimate of drug-likeness (QED) is 0.240. The van der Waals surface area contributed by atoms with Gasteiger partial charge in [-0.15, -0.1) is 0 Å². The number of aryl methyl sites for hydroxylation is 2. The first-order valence-electron chi connectivity index (χ1n) is 13.6. The first-order valence-corrected chi connectivity index (χ1v) is 13.6. The fourth-order valence-electron chi connectivity index (χ4n) is 5.89. The Hall–Kier alpha value is -4.69. The van der Waals surface area contributed by atoms with Crippen molar-refractivity contribution in [1.29, 1.82) is 5.26 Å². The van der Waals surface area contributed by atoms with E-state index in [-0.39, 0.29) is 0 Å². The van der Waals surface area contributed by atoms with Gasteiger partial charge in [0.05, 0.1) is 33.7 Å². The van der Waals surface area contributed by atoms with Crippen LogP contribution in [0, 0.1) is 18.3 Å². The third kappa shape index (κ3) is 3.92. The number of aromatic nitrogens is 4. The van der Waals surface area contributed by atoms with Crippen LogP contribution >= 0.6 is 0 Å². The van der Waals surface area contributed by atoms with E-state index in [1.807, 2.05) is 30.3 Å². The van der Waals surface area contributed by atoms with E-state index in [1.165, 1.54) is 36.2 Å². The summed E-state index contributed by atoms with van der Waals surface area (Å²) >= 11 is 0. The number of benzene rings is 4. The van der Waals surface area contributed by atoms with E-state index < -0.39 is 0 Å². The monoisotopic (exact) mass is 507 g/mol. The summed E-state index contributed by atoms with van der Waals surface area (Å²) in [5, 5.41) is 9.54. The number of hydrogen-bond acceptors (Lipinski definition) is 3. The molecule has 0 radical (unpaired) electrons. The van der Waals surface area contributed by atoms with Gasteiger partial charge in [0, 0.05) is 25.1 Å². The number of rotatable bonds is 5. The Morgan fingerprint density at radius 1 is 0.872 bits per heavy atom. The Labute approximate surface area is 228 Å². The summed E-state index contributed by atoms with van der Waals surface area (Å²) in [6.45, 7) is 2.92. The minimum atomic E-state index is 0.512. The third-order valence-corrected chi connectivity index (χ3v) is 8.24. The molecule has 5 nitrogen and oxygen atoms in total. The fourth-order valence-corrected chi connectivity index (χ4v) is 5.89. The smallest absolute Gasteiger partial charge is 0.140 e. The zero-order valence-corrected chi connectivity index (χ0v) is 22.2. The molecular formula is C34H29N5. The second-order valence-corrected chi connectivity index (χ2v) is 10.7. The molecule has 190 valence electrons. The number of imidazole rings is 2. The van der Waals surface area contributed by atoms with Crippen molar-refractivity contribution < 1.29 is 0 Å². The lowest BCUT2D eigenvalue weighted by Crippen LogP contribution is -2.16. The number of fused-ring (bicyclic) bond motifs is 2. The van der Waals surface area contributed by atoms with Crippen molar-refractivity contribution in [1.82, 2.24) is 19.1 Å². The van der Waals surface area contributed by atoms with Crippen LogP contribution in [0.15, 0.2) is 84.9 Å². The molecule has 6 aromatic rings. The second-order valence-electron chi connectivity index (χ2n) is 10.7. The summed E-state index contributed by atoms with van der Waals surface area (Å²) in [5.41, 5.74) is 10.6. The van der Waals surface area contributed by atoms with E-state index >= 15 is 0 Å². The molecule has 7 rings (SSSR count). The Morgan fingerprint density at radius 2 is 1.64 bits per heavy atom. The molecule has 1 aliphatic carbocycles. The van der Waals surface area contributed by atoms with Gasteiger partial charge in [-0.2, -0.15) is 5.26 Å². The Balaban J connectivity index is 1.33.